The van der Waals surface area contributed by atoms with E-state index in [-0.39, 0.29) is 17.7 Å². The average Bonchev–Trinajstić information content (AvgIpc) is 3.39. The fourth-order valence-electron chi connectivity index (χ4n) is 3.61. The van der Waals surface area contributed by atoms with Crippen molar-refractivity contribution >= 4 is 17.4 Å². The molecular weight excluding hydrogens is 343 g/mol. The van der Waals surface area contributed by atoms with Gasteiger partial charge in [0.2, 0.25) is 5.91 Å². The number of amides is 1. The molecule has 0 radical (unpaired) electrons. The number of aromatic nitrogens is 2. The Hall–Kier alpha value is -2.50. The van der Waals surface area contributed by atoms with E-state index in [0.717, 1.165) is 29.9 Å². The Kier molecular flexibility index (Phi) is 4.81. The lowest BCUT2D eigenvalue weighted by molar-refractivity contribution is -0.118. The maximum atomic E-state index is 14.0. The second-order valence-corrected chi connectivity index (χ2v) is 7.81. The zero-order chi connectivity index (χ0) is 19.0. The molecule has 1 fully saturated rings. The molecule has 1 aromatic heterocycles. The van der Waals surface area contributed by atoms with E-state index in [9.17, 15) is 9.18 Å². The van der Waals surface area contributed by atoms with E-state index in [4.69, 9.17) is 0 Å². The number of hydrogen-bond donors (Lipinski definition) is 2. The number of halogens is 1. The van der Waals surface area contributed by atoms with E-state index in [0.29, 0.717) is 23.7 Å². The molecule has 2 N–H and O–H groups in total. The molecule has 2 bridgehead atoms. The lowest BCUT2D eigenvalue weighted by atomic mass is 9.90. The third-order valence-corrected chi connectivity index (χ3v) is 5.47. The van der Waals surface area contributed by atoms with Crippen molar-refractivity contribution in [2.24, 2.45) is 16.8 Å². The number of aromatic amines is 1. The Labute approximate surface area is 158 Å². The van der Waals surface area contributed by atoms with Crippen LogP contribution in [-0.2, 0) is 4.79 Å². The summed E-state index contributed by atoms with van der Waals surface area (Å²) in [6.07, 6.45) is 10.2. The van der Waals surface area contributed by atoms with Crippen molar-refractivity contribution < 1.29 is 9.18 Å². The summed E-state index contributed by atoms with van der Waals surface area (Å²) >= 11 is 0. The number of carbonyl (C=O) groups excluding carboxylic acids is 1. The minimum atomic E-state index is -0.392. The molecule has 1 aliphatic heterocycles. The maximum Gasteiger partial charge on any atom is 0.234 e. The molecule has 6 heteroatoms. The van der Waals surface area contributed by atoms with Crippen molar-refractivity contribution in [2.75, 3.05) is 5.32 Å². The molecule has 5 nitrogen and oxygen atoms in total. The van der Waals surface area contributed by atoms with Gasteiger partial charge in [0.15, 0.2) is 5.82 Å². The van der Waals surface area contributed by atoms with E-state index in [1.165, 1.54) is 12.8 Å². The molecular formula is C21H25FN4O. The smallest absolute Gasteiger partial charge is 0.234 e. The van der Waals surface area contributed by atoms with Crippen LogP contribution in [0.5, 0.6) is 0 Å². The lowest BCUT2D eigenvalue weighted by Crippen LogP contribution is -2.24. The van der Waals surface area contributed by atoms with Crippen LogP contribution in [0.1, 0.15) is 57.6 Å². The Morgan fingerprint density at radius 3 is 2.96 bits per heavy atom. The first-order chi connectivity index (χ1) is 13.0. The standard InChI is InChI=1S/C21H25FN4O/c1-12-8-16-9-14(4-3-5-17(12)22)10-18(23-16)13(2)21(27)24-20-11-19(25-26-20)15-6-7-15/h5,8,10-11,13-15H,3-4,6-7,9H2,1-2H3,(H2,24,25,26,27)/b12-8-,17-5+/t13-,14?/m0/s1. The second kappa shape index (κ2) is 7.25. The number of carbonyl (C=O) groups is 1. The van der Waals surface area contributed by atoms with Gasteiger partial charge in [-0.3, -0.25) is 14.9 Å². The van der Waals surface area contributed by atoms with Gasteiger partial charge in [0.05, 0.1) is 5.92 Å². The first-order valence-corrected chi connectivity index (χ1v) is 9.69. The molecule has 0 aromatic carbocycles. The predicted molar refractivity (Wildman–Crippen MR) is 104 cm³/mol. The third-order valence-electron chi connectivity index (χ3n) is 5.47. The summed E-state index contributed by atoms with van der Waals surface area (Å²) in [4.78, 5) is 17.4. The van der Waals surface area contributed by atoms with E-state index in [1.807, 2.05) is 13.0 Å². The normalized spacial score (nSPS) is 27.6. The second-order valence-electron chi connectivity index (χ2n) is 7.81. The van der Waals surface area contributed by atoms with Crippen LogP contribution in [0.3, 0.4) is 0 Å². The Morgan fingerprint density at radius 1 is 1.37 bits per heavy atom. The number of nitrogens with one attached hydrogen (secondary N) is 2. The molecule has 1 unspecified atom stereocenters. The molecule has 27 heavy (non-hydrogen) atoms. The van der Waals surface area contributed by atoms with E-state index in [1.54, 1.807) is 19.1 Å². The van der Waals surface area contributed by atoms with Crippen LogP contribution in [0.4, 0.5) is 10.2 Å². The summed E-state index contributed by atoms with van der Waals surface area (Å²) < 4.78 is 14.0. The monoisotopic (exact) mass is 368 g/mol. The van der Waals surface area contributed by atoms with Crippen molar-refractivity contribution in [2.45, 2.75) is 51.9 Å². The van der Waals surface area contributed by atoms with Crippen molar-refractivity contribution in [3.8, 4) is 0 Å². The maximum absolute atomic E-state index is 14.0. The van der Waals surface area contributed by atoms with E-state index in [2.05, 4.69) is 26.6 Å². The molecule has 1 saturated carbocycles. The zero-order valence-electron chi connectivity index (χ0n) is 15.8. The Morgan fingerprint density at radius 2 is 2.19 bits per heavy atom. The minimum Gasteiger partial charge on any atom is -0.309 e. The molecule has 2 heterocycles. The third kappa shape index (κ3) is 4.10. The van der Waals surface area contributed by atoms with Gasteiger partial charge in [0.25, 0.3) is 0 Å². The van der Waals surface area contributed by atoms with Crippen molar-refractivity contribution in [3.63, 3.8) is 0 Å². The number of nitrogens with zero attached hydrogens (tertiary/aromatic N) is 2. The van der Waals surface area contributed by atoms with Crippen molar-refractivity contribution in [1.82, 2.24) is 10.2 Å². The molecule has 1 amide bonds. The number of anilines is 1. The molecule has 2 aliphatic carbocycles. The van der Waals surface area contributed by atoms with E-state index < -0.39 is 5.92 Å². The molecule has 142 valence electrons. The molecule has 2 atom stereocenters. The molecule has 1 aromatic rings. The van der Waals surface area contributed by atoms with Crippen LogP contribution < -0.4 is 5.32 Å². The fraction of sp³-hybridized carbons (Fsp3) is 0.476. The van der Waals surface area contributed by atoms with Gasteiger partial charge in [-0.1, -0.05) is 6.08 Å². The van der Waals surface area contributed by atoms with Gasteiger partial charge in [-0.05, 0) is 69.6 Å². The number of rotatable bonds is 4. The first-order valence-electron chi connectivity index (χ1n) is 9.69. The number of fused-ring (bicyclic) bond motifs is 2. The largest absolute Gasteiger partial charge is 0.309 e. The number of H-pyrrole nitrogens is 1. The quantitative estimate of drug-likeness (QED) is 0.801. The highest BCUT2D eigenvalue weighted by Gasteiger charge is 2.27. The molecule has 4 rings (SSSR count). The van der Waals surface area contributed by atoms with Gasteiger partial charge >= 0.3 is 0 Å². The first kappa shape index (κ1) is 17.9. The van der Waals surface area contributed by atoms with Gasteiger partial charge in [0.1, 0.15) is 5.83 Å². The highest BCUT2D eigenvalue weighted by atomic mass is 19.1. The zero-order valence-corrected chi connectivity index (χ0v) is 15.8. The lowest BCUT2D eigenvalue weighted by Gasteiger charge is -2.22. The van der Waals surface area contributed by atoms with Crippen LogP contribution in [0.2, 0.25) is 0 Å². The van der Waals surface area contributed by atoms with Crippen LogP contribution in [0.25, 0.3) is 0 Å². The SMILES string of the molecule is CC1=C/C2=NC([C@H](C)C(=O)Nc3cc(C4CC4)[nH]n3)=CC(CC/C=C\1F)C2. The highest BCUT2D eigenvalue weighted by Crippen LogP contribution is 2.39. The number of hydrogen-bond acceptors (Lipinski definition) is 3. The average molecular weight is 368 g/mol. The van der Waals surface area contributed by atoms with Gasteiger partial charge < -0.3 is 5.32 Å². The summed E-state index contributed by atoms with van der Waals surface area (Å²) in [5.41, 5.74) is 3.28. The molecule has 0 spiro atoms. The van der Waals surface area contributed by atoms with Crippen LogP contribution >= 0.6 is 0 Å². The van der Waals surface area contributed by atoms with Gasteiger partial charge in [-0.25, -0.2) is 4.39 Å². The van der Waals surface area contributed by atoms with Crippen LogP contribution in [-0.4, -0.2) is 21.8 Å². The van der Waals surface area contributed by atoms with Gasteiger partial charge in [-0.2, -0.15) is 5.10 Å². The van der Waals surface area contributed by atoms with Crippen molar-refractivity contribution in [3.05, 3.63) is 47.1 Å². The summed E-state index contributed by atoms with van der Waals surface area (Å²) in [7, 11) is 0. The van der Waals surface area contributed by atoms with Gasteiger partial charge in [0, 0.05) is 29.1 Å². The fourth-order valence-corrected chi connectivity index (χ4v) is 3.61. The summed E-state index contributed by atoms with van der Waals surface area (Å²) in [5.74, 6) is 0.706. The summed E-state index contributed by atoms with van der Waals surface area (Å²) in [5, 5.41) is 10.1. The molecule has 3 aliphatic rings. The predicted octanol–water partition coefficient (Wildman–Crippen LogP) is 4.80. The highest BCUT2D eigenvalue weighted by molar-refractivity contribution is 5.99. The number of allylic oxidation sites excluding steroid dienone is 5. The summed E-state index contributed by atoms with van der Waals surface area (Å²) in [6, 6.07) is 1.91. The Bertz CT molecular complexity index is 872. The molecule has 0 saturated heterocycles. The van der Waals surface area contributed by atoms with Crippen LogP contribution in [0, 0.1) is 11.8 Å². The summed E-state index contributed by atoms with van der Waals surface area (Å²) in [6.45, 7) is 3.62. The van der Waals surface area contributed by atoms with E-state index >= 15 is 0 Å². The van der Waals surface area contributed by atoms with Crippen molar-refractivity contribution in [1.29, 1.82) is 0 Å². The Balaban J connectivity index is 1.50. The minimum absolute atomic E-state index is 0.126. The van der Waals surface area contributed by atoms with Gasteiger partial charge in [-0.15, -0.1) is 0 Å². The number of aliphatic imine (C=N–C) groups is 1. The topological polar surface area (TPSA) is 70.1 Å². The van der Waals surface area contributed by atoms with Crippen LogP contribution in [0.15, 0.2) is 46.4 Å².